The van der Waals surface area contributed by atoms with Gasteiger partial charge < -0.3 is 24.3 Å². The molecule has 0 unspecified atom stereocenters. The first kappa shape index (κ1) is 15.7. The zero-order valence-electron chi connectivity index (χ0n) is 13.6. The third kappa shape index (κ3) is 2.74. The van der Waals surface area contributed by atoms with Crippen molar-refractivity contribution in [1.82, 2.24) is 14.8 Å². The van der Waals surface area contributed by atoms with E-state index >= 15 is 0 Å². The van der Waals surface area contributed by atoms with Crippen molar-refractivity contribution in [2.24, 2.45) is 0 Å². The highest BCUT2D eigenvalue weighted by molar-refractivity contribution is 7.80. The van der Waals surface area contributed by atoms with Crippen LogP contribution in [0.25, 0.3) is 0 Å². The summed E-state index contributed by atoms with van der Waals surface area (Å²) in [7, 11) is 5.16. The van der Waals surface area contributed by atoms with E-state index in [2.05, 4.69) is 39.2 Å². The van der Waals surface area contributed by atoms with Crippen LogP contribution in [0.2, 0.25) is 0 Å². The number of methoxy groups -OCH3 is 2. The summed E-state index contributed by atoms with van der Waals surface area (Å²) in [4.78, 5) is 2.21. The van der Waals surface area contributed by atoms with E-state index in [1.165, 1.54) is 5.69 Å². The Morgan fingerprint density at radius 3 is 2.65 bits per heavy atom. The number of benzene rings is 1. The van der Waals surface area contributed by atoms with Crippen molar-refractivity contribution in [3.63, 3.8) is 0 Å². The van der Waals surface area contributed by atoms with Crippen LogP contribution in [0.1, 0.15) is 17.3 Å². The van der Waals surface area contributed by atoms with Crippen LogP contribution >= 0.6 is 12.2 Å². The summed E-state index contributed by atoms with van der Waals surface area (Å²) >= 11 is 5.51. The van der Waals surface area contributed by atoms with Gasteiger partial charge >= 0.3 is 0 Å². The number of fused-ring (bicyclic) bond motifs is 1. The SMILES string of the molecule is CNC(=S)N1CCn2cccc2[C@H]1c1ccc(OC)c(OC)c1. The van der Waals surface area contributed by atoms with Crippen molar-refractivity contribution in [1.29, 1.82) is 0 Å². The second-order valence-corrected chi connectivity index (χ2v) is 5.78. The number of aromatic nitrogens is 1. The molecule has 2 aromatic rings. The summed E-state index contributed by atoms with van der Waals surface area (Å²) in [6, 6.07) is 10.3. The van der Waals surface area contributed by atoms with Crippen molar-refractivity contribution in [3.05, 3.63) is 47.8 Å². The fourth-order valence-corrected chi connectivity index (χ4v) is 3.32. The average Bonchev–Trinajstić information content (AvgIpc) is 3.08. The molecule has 3 rings (SSSR count). The summed E-state index contributed by atoms with van der Waals surface area (Å²) in [5, 5.41) is 3.85. The molecule has 0 saturated carbocycles. The van der Waals surface area contributed by atoms with Gasteiger partial charge in [0.05, 0.1) is 20.3 Å². The quantitative estimate of drug-likeness (QED) is 0.875. The third-order valence-electron chi connectivity index (χ3n) is 4.24. The summed E-state index contributed by atoms with van der Waals surface area (Å²) < 4.78 is 13.1. The highest BCUT2D eigenvalue weighted by Crippen LogP contribution is 2.37. The first-order valence-electron chi connectivity index (χ1n) is 7.55. The molecule has 0 spiro atoms. The molecule has 122 valence electrons. The normalized spacial score (nSPS) is 16.7. The van der Waals surface area contributed by atoms with Crippen molar-refractivity contribution in [2.75, 3.05) is 27.8 Å². The molecule has 0 radical (unpaired) electrons. The van der Waals surface area contributed by atoms with Gasteiger partial charge in [-0.25, -0.2) is 0 Å². The minimum Gasteiger partial charge on any atom is -0.493 e. The lowest BCUT2D eigenvalue weighted by Gasteiger charge is -2.38. The number of rotatable bonds is 3. The molecule has 6 heteroatoms. The van der Waals surface area contributed by atoms with Crippen LogP contribution in [0.15, 0.2) is 36.5 Å². The van der Waals surface area contributed by atoms with Crippen molar-refractivity contribution in [3.8, 4) is 11.5 Å². The van der Waals surface area contributed by atoms with E-state index in [0.717, 1.165) is 35.3 Å². The van der Waals surface area contributed by atoms with Gasteiger partial charge in [-0.1, -0.05) is 6.07 Å². The number of nitrogens with zero attached hydrogens (tertiary/aromatic N) is 2. The molecule has 0 amide bonds. The molecule has 0 saturated heterocycles. The van der Waals surface area contributed by atoms with Crippen molar-refractivity contribution >= 4 is 17.3 Å². The van der Waals surface area contributed by atoms with Crippen LogP contribution in [0.4, 0.5) is 0 Å². The Bertz CT molecular complexity index is 714. The summed E-state index contributed by atoms with van der Waals surface area (Å²) in [6.07, 6.45) is 2.11. The zero-order valence-corrected chi connectivity index (χ0v) is 14.4. The van der Waals surface area contributed by atoms with E-state index in [1.54, 1.807) is 14.2 Å². The number of thiocarbonyl (C=S) groups is 1. The van der Waals surface area contributed by atoms with Gasteiger partial charge in [0.25, 0.3) is 0 Å². The lowest BCUT2D eigenvalue weighted by Crippen LogP contribution is -2.46. The molecule has 1 aliphatic rings. The third-order valence-corrected chi connectivity index (χ3v) is 4.67. The van der Waals surface area contributed by atoms with E-state index in [0.29, 0.717) is 0 Å². The molecule has 1 atom stereocenters. The summed E-state index contributed by atoms with van der Waals surface area (Å²) in [5.74, 6) is 1.45. The number of hydrogen-bond donors (Lipinski definition) is 1. The van der Waals surface area contributed by atoms with Gasteiger partial charge in [-0.3, -0.25) is 0 Å². The van der Waals surface area contributed by atoms with Crippen LogP contribution in [-0.2, 0) is 6.54 Å². The topological polar surface area (TPSA) is 38.7 Å². The van der Waals surface area contributed by atoms with Crippen molar-refractivity contribution in [2.45, 2.75) is 12.6 Å². The fraction of sp³-hybridized carbons (Fsp3) is 0.353. The zero-order chi connectivity index (χ0) is 16.4. The van der Waals surface area contributed by atoms with E-state index < -0.39 is 0 Å². The largest absolute Gasteiger partial charge is 0.493 e. The Hall–Kier alpha value is -2.21. The molecule has 23 heavy (non-hydrogen) atoms. The Morgan fingerprint density at radius 1 is 1.17 bits per heavy atom. The molecule has 1 N–H and O–H groups in total. The number of ether oxygens (including phenoxy) is 2. The van der Waals surface area contributed by atoms with Gasteiger partial charge in [0.2, 0.25) is 0 Å². The Morgan fingerprint density at radius 2 is 1.96 bits per heavy atom. The molecular weight excluding hydrogens is 310 g/mol. The minimum atomic E-state index is 0.0542. The van der Waals surface area contributed by atoms with Gasteiger partial charge in [0.15, 0.2) is 16.6 Å². The standard InChI is InChI=1S/C17H21N3O2S/c1-18-17(23)20-10-9-19-8-4-5-13(19)16(20)12-6-7-14(21-2)15(11-12)22-3/h4-8,11,16H,9-10H2,1-3H3,(H,18,23)/t16-/m1/s1. The Kier molecular flexibility index (Phi) is 4.43. The molecule has 5 nitrogen and oxygen atoms in total. The van der Waals surface area contributed by atoms with E-state index in [9.17, 15) is 0 Å². The smallest absolute Gasteiger partial charge is 0.169 e. The highest BCUT2D eigenvalue weighted by Gasteiger charge is 2.30. The van der Waals surface area contributed by atoms with Gasteiger partial charge in [-0.05, 0) is 42.0 Å². The van der Waals surface area contributed by atoms with E-state index in [1.807, 2.05) is 19.2 Å². The molecule has 0 fully saturated rings. The van der Waals surface area contributed by atoms with Gasteiger partial charge in [-0.2, -0.15) is 0 Å². The highest BCUT2D eigenvalue weighted by atomic mass is 32.1. The van der Waals surface area contributed by atoms with Gasteiger partial charge in [0, 0.05) is 32.0 Å². The predicted molar refractivity (Wildman–Crippen MR) is 94.2 cm³/mol. The minimum absolute atomic E-state index is 0.0542. The molecule has 0 bridgehead atoms. The van der Waals surface area contributed by atoms with Gasteiger partial charge in [-0.15, -0.1) is 0 Å². The second-order valence-electron chi connectivity index (χ2n) is 5.39. The summed E-state index contributed by atoms with van der Waals surface area (Å²) in [5.41, 5.74) is 2.35. The molecular formula is C17H21N3O2S. The molecule has 1 aromatic carbocycles. The van der Waals surface area contributed by atoms with Crippen LogP contribution < -0.4 is 14.8 Å². The molecule has 0 aliphatic carbocycles. The van der Waals surface area contributed by atoms with Gasteiger partial charge in [0.1, 0.15) is 0 Å². The van der Waals surface area contributed by atoms with Crippen LogP contribution in [0, 0.1) is 0 Å². The van der Waals surface area contributed by atoms with Crippen LogP contribution in [0.5, 0.6) is 11.5 Å². The van der Waals surface area contributed by atoms with E-state index in [4.69, 9.17) is 21.7 Å². The molecule has 1 aromatic heterocycles. The first-order chi connectivity index (χ1) is 11.2. The lowest BCUT2D eigenvalue weighted by molar-refractivity contribution is 0.286. The monoisotopic (exact) mass is 331 g/mol. The molecule has 1 aliphatic heterocycles. The Labute approximate surface area is 141 Å². The second kappa shape index (κ2) is 6.50. The first-order valence-corrected chi connectivity index (χ1v) is 7.95. The average molecular weight is 331 g/mol. The van der Waals surface area contributed by atoms with Crippen molar-refractivity contribution < 1.29 is 9.47 Å². The maximum absolute atomic E-state index is 5.51. The maximum Gasteiger partial charge on any atom is 0.169 e. The molecule has 2 heterocycles. The van der Waals surface area contributed by atoms with Crippen LogP contribution in [-0.4, -0.2) is 42.4 Å². The van der Waals surface area contributed by atoms with Crippen LogP contribution in [0.3, 0.4) is 0 Å². The van der Waals surface area contributed by atoms with E-state index in [-0.39, 0.29) is 6.04 Å². The fourth-order valence-electron chi connectivity index (χ4n) is 3.12. The Balaban J connectivity index is 2.08. The number of nitrogens with one attached hydrogen (secondary N) is 1. The maximum atomic E-state index is 5.51. The summed E-state index contributed by atoms with van der Waals surface area (Å²) in [6.45, 7) is 1.79. The number of hydrogen-bond acceptors (Lipinski definition) is 3. The lowest BCUT2D eigenvalue weighted by atomic mass is 9.99. The predicted octanol–water partition coefficient (Wildman–Crippen LogP) is 2.41.